The molecule has 28 heavy (non-hydrogen) atoms. The van der Waals surface area contributed by atoms with Gasteiger partial charge in [-0.3, -0.25) is 9.89 Å². The van der Waals surface area contributed by atoms with Crippen molar-refractivity contribution in [3.8, 4) is 0 Å². The first-order valence-corrected chi connectivity index (χ1v) is 10.9. The average molecular weight is 405 g/mol. The standard InChI is InChI=1S/C21H32N4O2S/c1-17(16-20-6-5-18(2)28-20)24-21(22-8-7-19-4-3-13-27-19)23-9-10-25-11-14-26-15-12-25/h3-6,13,17H,7-12,14-16H2,1-2H3,(H2,22,23,24). The molecule has 1 atom stereocenters. The van der Waals surface area contributed by atoms with Gasteiger partial charge in [-0.25, -0.2) is 0 Å². The summed E-state index contributed by atoms with van der Waals surface area (Å²) in [6.07, 6.45) is 3.56. The fourth-order valence-corrected chi connectivity index (χ4v) is 4.24. The normalized spacial score (nSPS) is 16.9. The number of furan rings is 1. The number of ether oxygens (including phenoxy) is 1. The molecule has 3 heterocycles. The van der Waals surface area contributed by atoms with Gasteiger partial charge in [-0.05, 0) is 38.1 Å². The molecule has 0 saturated carbocycles. The van der Waals surface area contributed by atoms with E-state index in [1.54, 1.807) is 6.26 Å². The number of nitrogens with one attached hydrogen (secondary N) is 2. The van der Waals surface area contributed by atoms with Crippen molar-refractivity contribution in [1.82, 2.24) is 15.5 Å². The zero-order valence-electron chi connectivity index (χ0n) is 16.9. The van der Waals surface area contributed by atoms with Gasteiger partial charge >= 0.3 is 0 Å². The van der Waals surface area contributed by atoms with E-state index in [1.165, 1.54) is 9.75 Å². The van der Waals surface area contributed by atoms with Crippen LogP contribution in [0.25, 0.3) is 0 Å². The number of aliphatic imine (C=N–C) groups is 1. The second kappa shape index (κ2) is 11.2. The van der Waals surface area contributed by atoms with Crippen LogP contribution in [0.5, 0.6) is 0 Å². The summed E-state index contributed by atoms with van der Waals surface area (Å²) in [6, 6.07) is 8.65. The fourth-order valence-electron chi connectivity index (χ4n) is 3.22. The Morgan fingerprint density at radius 1 is 1.29 bits per heavy atom. The van der Waals surface area contributed by atoms with Crippen molar-refractivity contribution >= 4 is 17.3 Å². The van der Waals surface area contributed by atoms with Gasteiger partial charge in [-0.15, -0.1) is 11.3 Å². The molecule has 1 unspecified atom stereocenters. The number of rotatable bonds is 9. The topological polar surface area (TPSA) is 62.0 Å². The summed E-state index contributed by atoms with van der Waals surface area (Å²) < 4.78 is 10.8. The summed E-state index contributed by atoms with van der Waals surface area (Å²) in [4.78, 5) is 9.98. The Balaban J connectivity index is 1.50. The van der Waals surface area contributed by atoms with Crippen LogP contribution in [-0.2, 0) is 17.6 Å². The van der Waals surface area contributed by atoms with Gasteiger partial charge in [0.05, 0.1) is 26.0 Å². The van der Waals surface area contributed by atoms with E-state index < -0.39 is 0 Å². The van der Waals surface area contributed by atoms with Gasteiger partial charge in [-0.2, -0.15) is 0 Å². The van der Waals surface area contributed by atoms with Crippen molar-refractivity contribution in [1.29, 1.82) is 0 Å². The molecule has 0 bridgehead atoms. The van der Waals surface area contributed by atoms with Crippen molar-refractivity contribution in [3.05, 3.63) is 46.0 Å². The van der Waals surface area contributed by atoms with Crippen LogP contribution in [0.15, 0.2) is 39.9 Å². The van der Waals surface area contributed by atoms with E-state index >= 15 is 0 Å². The predicted octanol–water partition coefficient (Wildman–Crippen LogP) is 2.69. The summed E-state index contributed by atoms with van der Waals surface area (Å²) in [7, 11) is 0. The average Bonchev–Trinajstić information content (AvgIpc) is 3.34. The molecule has 1 aliphatic heterocycles. The van der Waals surface area contributed by atoms with E-state index in [-0.39, 0.29) is 0 Å². The van der Waals surface area contributed by atoms with Gasteiger partial charge in [0.25, 0.3) is 0 Å². The lowest BCUT2D eigenvalue weighted by Crippen LogP contribution is -2.44. The highest BCUT2D eigenvalue weighted by atomic mass is 32.1. The van der Waals surface area contributed by atoms with Crippen molar-refractivity contribution in [2.24, 2.45) is 4.99 Å². The third-order valence-electron chi connectivity index (χ3n) is 4.72. The molecule has 2 N–H and O–H groups in total. The largest absolute Gasteiger partial charge is 0.469 e. The molecule has 6 nitrogen and oxygen atoms in total. The van der Waals surface area contributed by atoms with Gasteiger partial charge in [-0.1, -0.05) is 0 Å². The van der Waals surface area contributed by atoms with Gasteiger partial charge in [0.1, 0.15) is 5.76 Å². The minimum absolute atomic E-state index is 0.316. The first kappa shape index (κ1) is 20.9. The number of hydrogen-bond donors (Lipinski definition) is 2. The number of hydrogen-bond acceptors (Lipinski definition) is 5. The van der Waals surface area contributed by atoms with Crippen LogP contribution in [0.4, 0.5) is 0 Å². The van der Waals surface area contributed by atoms with Crippen molar-refractivity contribution in [2.75, 3.05) is 45.9 Å². The lowest BCUT2D eigenvalue weighted by molar-refractivity contribution is 0.0394. The quantitative estimate of drug-likeness (QED) is 0.497. The van der Waals surface area contributed by atoms with Crippen LogP contribution in [-0.4, -0.2) is 62.8 Å². The van der Waals surface area contributed by atoms with E-state index in [9.17, 15) is 0 Å². The summed E-state index contributed by atoms with van der Waals surface area (Å²) >= 11 is 1.86. The summed E-state index contributed by atoms with van der Waals surface area (Å²) in [5.41, 5.74) is 0. The van der Waals surface area contributed by atoms with E-state index in [4.69, 9.17) is 14.1 Å². The molecule has 0 amide bonds. The number of morpholine rings is 1. The molecule has 3 rings (SSSR count). The van der Waals surface area contributed by atoms with Crippen molar-refractivity contribution < 1.29 is 9.15 Å². The minimum Gasteiger partial charge on any atom is -0.469 e. The van der Waals surface area contributed by atoms with E-state index in [0.29, 0.717) is 6.04 Å². The van der Waals surface area contributed by atoms with Gasteiger partial charge in [0, 0.05) is 54.8 Å². The Hall–Kier alpha value is -1.83. The Morgan fingerprint density at radius 3 is 2.86 bits per heavy atom. The molecule has 0 spiro atoms. The number of aryl methyl sites for hydroxylation is 1. The highest BCUT2D eigenvalue weighted by molar-refractivity contribution is 7.11. The Kier molecular flexibility index (Phi) is 8.39. The lowest BCUT2D eigenvalue weighted by Gasteiger charge is -2.26. The molecule has 7 heteroatoms. The van der Waals surface area contributed by atoms with E-state index in [1.807, 2.05) is 23.5 Å². The third-order valence-corrected chi connectivity index (χ3v) is 5.74. The molecule has 0 radical (unpaired) electrons. The molecule has 0 aliphatic carbocycles. The Morgan fingerprint density at radius 2 is 2.14 bits per heavy atom. The molecular weight excluding hydrogens is 372 g/mol. The lowest BCUT2D eigenvalue weighted by atomic mass is 10.2. The fraction of sp³-hybridized carbons (Fsp3) is 0.571. The van der Waals surface area contributed by atoms with Crippen LogP contribution in [0.2, 0.25) is 0 Å². The van der Waals surface area contributed by atoms with Crippen molar-refractivity contribution in [3.63, 3.8) is 0 Å². The minimum atomic E-state index is 0.316. The highest BCUT2D eigenvalue weighted by Crippen LogP contribution is 2.16. The van der Waals surface area contributed by atoms with E-state index in [0.717, 1.165) is 70.5 Å². The van der Waals surface area contributed by atoms with Crippen LogP contribution in [0, 0.1) is 6.92 Å². The highest BCUT2D eigenvalue weighted by Gasteiger charge is 2.11. The maximum atomic E-state index is 5.42. The monoisotopic (exact) mass is 404 g/mol. The summed E-state index contributed by atoms with van der Waals surface area (Å²) in [5.74, 6) is 1.86. The van der Waals surface area contributed by atoms with Gasteiger partial charge in [0.2, 0.25) is 0 Å². The van der Waals surface area contributed by atoms with Crippen LogP contribution in [0.1, 0.15) is 22.4 Å². The van der Waals surface area contributed by atoms with Gasteiger partial charge in [0.15, 0.2) is 5.96 Å². The Bertz CT molecular complexity index is 708. The molecule has 154 valence electrons. The molecular formula is C21H32N4O2S. The number of nitrogens with zero attached hydrogens (tertiary/aromatic N) is 2. The molecule has 2 aromatic rings. The van der Waals surface area contributed by atoms with Crippen LogP contribution in [0.3, 0.4) is 0 Å². The first-order valence-electron chi connectivity index (χ1n) is 10.1. The maximum absolute atomic E-state index is 5.42. The van der Waals surface area contributed by atoms with E-state index in [2.05, 4.69) is 41.5 Å². The van der Waals surface area contributed by atoms with Gasteiger partial charge < -0.3 is 19.8 Å². The maximum Gasteiger partial charge on any atom is 0.191 e. The molecule has 0 aromatic carbocycles. The molecule has 1 fully saturated rings. The SMILES string of the molecule is Cc1ccc(CC(C)NC(=NCCN2CCOCC2)NCCc2ccco2)s1. The smallest absolute Gasteiger partial charge is 0.191 e. The number of guanidine groups is 1. The predicted molar refractivity (Wildman–Crippen MR) is 115 cm³/mol. The van der Waals surface area contributed by atoms with Crippen molar-refractivity contribution in [2.45, 2.75) is 32.7 Å². The molecule has 1 aliphatic rings. The zero-order chi connectivity index (χ0) is 19.6. The summed E-state index contributed by atoms with van der Waals surface area (Å²) in [5, 5.41) is 7.02. The zero-order valence-corrected chi connectivity index (χ0v) is 17.8. The first-order chi connectivity index (χ1) is 13.7. The second-order valence-electron chi connectivity index (χ2n) is 7.20. The number of thiophene rings is 1. The third kappa shape index (κ3) is 7.30. The van der Waals surface area contributed by atoms with Crippen LogP contribution < -0.4 is 10.6 Å². The molecule has 1 saturated heterocycles. The second-order valence-corrected chi connectivity index (χ2v) is 8.57. The molecule has 2 aromatic heterocycles. The van der Waals surface area contributed by atoms with Crippen LogP contribution >= 0.6 is 11.3 Å². The Labute approximate surface area is 172 Å². The summed E-state index contributed by atoms with van der Waals surface area (Å²) in [6.45, 7) is 10.6.